The van der Waals surface area contributed by atoms with E-state index < -0.39 is 24.1 Å². The van der Waals surface area contributed by atoms with Gasteiger partial charge in [-0.25, -0.2) is 4.79 Å². The van der Waals surface area contributed by atoms with Crippen molar-refractivity contribution in [3.8, 4) is 5.75 Å². The van der Waals surface area contributed by atoms with Crippen LogP contribution in [0.4, 0.5) is 4.79 Å². The molecule has 1 aromatic carbocycles. The number of amides is 3. The second-order valence-corrected chi connectivity index (χ2v) is 3.86. The van der Waals surface area contributed by atoms with E-state index in [-0.39, 0.29) is 0 Å². The summed E-state index contributed by atoms with van der Waals surface area (Å²) in [5.74, 6) is -0.145. The van der Waals surface area contributed by atoms with Gasteiger partial charge in [-0.3, -0.25) is 10.1 Å². The zero-order valence-corrected chi connectivity index (χ0v) is 10.2. The fraction of sp³-hybridized carbons (Fsp3) is 0.333. The molecule has 0 aliphatic carbocycles. The number of carbonyl (C=O) groups is 2. The molecule has 1 aromatic rings. The van der Waals surface area contributed by atoms with Crippen molar-refractivity contribution in [3.63, 3.8) is 0 Å². The predicted molar refractivity (Wildman–Crippen MR) is 64.9 cm³/mol. The van der Waals surface area contributed by atoms with Gasteiger partial charge >= 0.3 is 6.03 Å². The lowest BCUT2D eigenvalue weighted by Crippen LogP contribution is -2.42. The van der Waals surface area contributed by atoms with E-state index in [1.165, 1.54) is 6.92 Å². The average molecular weight is 252 g/mol. The van der Waals surface area contributed by atoms with Crippen LogP contribution in [0.15, 0.2) is 24.3 Å². The van der Waals surface area contributed by atoms with Crippen LogP contribution in [-0.4, -0.2) is 23.1 Å². The maximum atomic E-state index is 11.4. The highest BCUT2D eigenvalue weighted by atomic mass is 16.5. The van der Waals surface area contributed by atoms with Gasteiger partial charge in [-0.15, -0.1) is 0 Å². The molecule has 0 saturated carbocycles. The molecule has 0 aromatic heterocycles. The first-order chi connectivity index (χ1) is 8.40. The van der Waals surface area contributed by atoms with Crippen LogP contribution in [0.1, 0.15) is 25.5 Å². The van der Waals surface area contributed by atoms with Crippen LogP contribution in [0.25, 0.3) is 0 Å². The number of hydrogen-bond donors (Lipinski definition) is 3. The second-order valence-electron chi connectivity index (χ2n) is 3.86. The molecule has 0 heterocycles. The number of primary amides is 1. The zero-order chi connectivity index (χ0) is 13.7. The Morgan fingerprint density at radius 3 is 2.28 bits per heavy atom. The number of benzene rings is 1. The van der Waals surface area contributed by atoms with Crippen LogP contribution >= 0.6 is 0 Å². The summed E-state index contributed by atoms with van der Waals surface area (Å²) in [6.45, 7) is 3.15. The minimum Gasteiger partial charge on any atom is -0.481 e. The van der Waals surface area contributed by atoms with Gasteiger partial charge in [0.1, 0.15) is 5.75 Å². The quantitative estimate of drug-likeness (QED) is 0.734. The SMILES string of the molecule is CC(Oc1ccc(C(C)O)cc1)C(=O)NC(N)=O. The number of rotatable bonds is 4. The van der Waals surface area contributed by atoms with Crippen LogP contribution in [-0.2, 0) is 4.79 Å². The number of imide groups is 1. The summed E-state index contributed by atoms with van der Waals surface area (Å²) in [7, 11) is 0. The molecule has 6 nitrogen and oxygen atoms in total. The van der Waals surface area contributed by atoms with E-state index in [0.717, 1.165) is 5.56 Å². The molecule has 2 atom stereocenters. The highest BCUT2D eigenvalue weighted by Crippen LogP contribution is 2.18. The van der Waals surface area contributed by atoms with Crippen LogP contribution in [0.2, 0.25) is 0 Å². The van der Waals surface area contributed by atoms with Crippen molar-refractivity contribution >= 4 is 11.9 Å². The maximum Gasteiger partial charge on any atom is 0.318 e. The first-order valence-corrected chi connectivity index (χ1v) is 5.45. The van der Waals surface area contributed by atoms with Crippen molar-refractivity contribution < 1.29 is 19.4 Å². The Labute approximate surface area is 105 Å². The number of carbonyl (C=O) groups excluding carboxylic acids is 2. The molecule has 0 fully saturated rings. The number of nitrogens with one attached hydrogen (secondary N) is 1. The lowest BCUT2D eigenvalue weighted by atomic mass is 10.1. The molecule has 1 rings (SSSR count). The van der Waals surface area contributed by atoms with E-state index in [1.807, 2.05) is 5.32 Å². The van der Waals surface area contributed by atoms with Gasteiger partial charge in [0.2, 0.25) is 0 Å². The fourth-order valence-corrected chi connectivity index (χ4v) is 1.31. The van der Waals surface area contributed by atoms with Gasteiger partial charge in [0, 0.05) is 0 Å². The second kappa shape index (κ2) is 6.02. The highest BCUT2D eigenvalue weighted by Gasteiger charge is 2.16. The molecule has 0 saturated heterocycles. The van der Waals surface area contributed by atoms with Gasteiger partial charge in [-0.1, -0.05) is 12.1 Å². The molecule has 0 spiro atoms. The van der Waals surface area contributed by atoms with Crippen LogP contribution in [0.5, 0.6) is 5.75 Å². The Morgan fingerprint density at radius 1 is 1.28 bits per heavy atom. The monoisotopic (exact) mass is 252 g/mol. The van der Waals surface area contributed by atoms with Crippen molar-refractivity contribution in [2.75, 3.05) is 0 Å². The summed E-state index contributed by atoms with van der Waals surface area (Å²) in [4.78, 5) is 21.8. The molecule has 2 unspecified atom stereocenters. The Balaban J connectivity index is 2.61. The van der Waals surface area contributed by atoms with Gasteiger partial charge in [-0.05, 0) is 31.5 Å². The van der Waals surface area contributed by atoms with Crippen LogP contribution in [0, 0.1) is 0 Å². The highest BCUT2D eigenvalue weighted by molar-refractivity contribution is 5.95. The number of ether oxygens (including phenoxy) is 1. The number of urea groups is 1. The summed E-state index contributed by atoms with van der Waals surface area (Å²) >= 11 is 0. The summed E-state index contributed by atoms with van der Waals surface area (Å²) in [6, 6.07) is 5.74. The van der Waals surface area contributed by atoms with E-state index in [9.17, 15) is 14.7 Å². The topological polar surface area (TPSA) is 102 Å². The number of hydrogen-bond acceptors (Lipinski definition) is 4. The smallest absolute Gasteiger partial charge is 0.318 e. The molecule has 98 valence electrons. The summed E-state index contributed by atoms with van der Waals surface area (Å²) in [6.07, 6.45) is -1.40. The molecular formula is C12H16N2O4. The molecule has 4 N–H and O–H groups in total. The molecule has 18 heavy (non-hydrogen) atoms. The Morgan fingerprint density at radius 2 is 1.83 bits per heavy atom. The molecule has 0 bridgehead atoms. The Kier molecular flexibility index (Phi) is 4.67. The third kappa shape index (κ3) is 4.06. The third-order valence-corrected chi connectivity index (χ3v) is 2.29. The number of nitrogens with two attached hydrogens (primary N) is 1. The molecule has 6 heteroatoms. The minimum atomic E-state index is -0.917. The third-order valence-electron chi connectivity index (χ3n) is 2.29. The molecule has 0 aliphatic heterocycles. The summed E-state index contributed by atoms with van der Waals surface area (Å²) < 4.78 is 5.31. The first-order valence-electron chi connectivity index (χ1n) is 5.45. The predicted octanol–water partition coefficient (Wildman–Crippen LogP) is 0.702. The maximum absolute atomic E-state index is 11.4. The summed E-state index contributed by atoms with van der Waals surface area (Å²) in [5, 5.41) is 11.3. The van der Waals surface area contributed by atoms with Crippen molar-refractivity contribution in [2.24, 2.45) is 5.73 Å². The van der Waals surface area contributed by atoms with Crippen molar-refractivity contribution in [3.05, 3.63) is 29.8 Å². The van der Waals surface area contributed by atoms with Gasteiger partial charge < -0.3 is 15.6 Å². The zero-order valence-electron chi connectivity index (χ0n) is 10.2. The van der Waals surface area contributed by atoms with Gasteiger partial charge in [-0.2, -0.15) is 0 Å². The van der Waals surface area contributed by atoms with Crippen LogP contribution < -0.4 is 15.8 Å². The van der Waals surface area contributed by atoms with Gasteiger partial charge in [0.25, 0.3) is 5.91 Å². The van der Waals surface area contributed by atoms with E-state index in [2.05, 4.69) is 0 Å². The minimum absolute atomic E-state index is 0.464. The fourth-order valence-electron chi connectivity index (χ4n) is 1.31. The van der Waals surface area contributed by atoms with Crippen molar-refractivity contribution in [1.82, 2.24) is 5.32 Å². The largest absolute Gasteiger partial charge is 0.481 e. The lowest BCUT2D eigenvalue weighted by Gasteiger charge is -2.14. The lowest BCUT2D eigenvalue weighted by molar-refractivity contribution is -0.126. The standard InChI is InChI=1S/C12H16N2O4/c1-7(15)9-3-5-10(6-4-9)18-8(2)11(16)14-12(13)17/h3-8,15H,1-2H3,(H3,13,14,16,17). The Hall–Kier alpha value is -2.08. The Bertz CT molecular complexity index is 428. The average Bonchev–Trinajstić information content (AvgIpc) is 2.28. The van der Waals surface area contributed by atoms with Crippen molar-refractivity contribution in [1.29, 1.82) is 0 Å². The van der Waals surface area contributed by atoms with Crippen LogP contribution in [0.3, 0.4) is 0 Å². The summed E-state index contributed by atoms with van der Waals surface area (Å²) in [5.41, 5.74) is 5.57. The molecule has 0 radical (unpaired) electrons. The number of aliphatic hydroxyl groups excluding tert-OH is 1. The molecular weight excluding hydrogens is 236 g/mol. The molecule has 3 amide bonds. The van der Waals surface area contributed by atoms with Crippen molar-refractivity contribution in [2.45, 2.75) is 26.1 Å². The van der Waals surface area contributed by atoms with E-state index in [1.54, 1.807) is 31.2 Å². The van der Waals surface area contributed by atoms with Gasteiger partial charge in [0.05, 0.1) is 6.10 Å². The van der Waals surface area contributed by atoms with E-state index >= 15 is 0 Å². The molecule has 0 aliphatic rings. The number of aliphatic hydroxyl groups is 1. The normalized spacial score (nSPS) is 13.5. The van der Waals surface area contributed by atoms with Gasteiger partial charge in [0.15, 0.2) is 6.10 Å². The van der Waals surface area contributed by atoms with E-state index in [0.29, 0.717) is 5.75 Å². The van der Waals surface area contributed by atoms with E-state index in [4.69, 9.17) is 10.5 Å². The first kappa shape index (κ1) is 14.0.